The lowest BCUT2D eigenvalue weighted by Gasteiger charge is -2.23. The molecule has 0 aliphatic carbocycles. The summed E-state index contributed by atoms with van der Waals surface area (Å²) in [5, 5.41) is 0. The molecule has 3 aromatic rings. The summed E-state index contributed by atoms with van der Waals surface area (Å²) in [6.07, 6.45) is -2.23. The van der Waals surface area contributed by atoms with Gasteiger partial charge in [-0.1, -0.05) is 23.7 Å². The maximum absolute atomic E-state index is 13.4. The van der Waals surface area contributed by atoms with E-state index in [2.05, 4.69) is 9.88 Å². The highest BCUT2D eigenvalue weighted by molar-refractivity contribution is 7.91. The Balaban J connectivity index is 1.38. The second kappa shape index (κ2) is 12.2. The lowest BCUT2D eigenvalue weighted by atomic mass is 10.0. The quantitative estimate of drug-likeness (QED) is 0.310. The molecule has 2 aliphatic heterocycles. The Labute approximate surface area is 252 Å². The van der Waals surface area contributed by atoms with E-state index in [4.69, 9.17) is 16.6 Å². The van der Waals surface area contributed by atoms with Crippen molar-refractivity contribution in [3.8, 4) is 11.3 Å². The first-order valence-electron chi connectivity index (χ1n) is 13.6. The summed E-state index contributed by atoms with van der Waals surface area (Å²) in [6.45, 7) is 1.68. The Morgan fingerprint density at radius 1 is 1.10 bits per heavy atom. The number of nitrogens with zero attached hydrogens (tertiary/aromatic N) is 5. The molecule has 0 N–H and O–H groups in total. The molecule has 8 nitrogen and oxygen atoms in total. The molecule has 2 aliphatic rings. The molecule has 1 unspecified atom stereocenters. The van der Waals surface area contributed by atoms with Crippen LogP contribution in [0, 0.1) is 0 Å². The molecule has 1 aromatic carbocycles. The van der Waals surface area contributed by atoms with Gasteiger partial charge in [0.15, 0.2) is 5.78 Å². The predicted molar refractivity (Wildman–Crippen MR) is 156 cm³/mol. The number of sulfonamides is 1. The highest BCUT2D eigenvalue weighted by Crippen LogP contribution is 2.34. The Morgan fingerprint density at radius 2 is 1.83 bits per heavy atom. The second-order valence-corrected chi connectivity index (χ2v) is 14.6. The fourth-order valence-electron chi connectivity index (χ4n) is 5.40. The normalized spacial score (nSPS) is 20.1. The van der Waals surface area contributed by atoms with Gasteiger partial charge in [0.25, 0.3) is 10.0 Å². The van der Waals surface area contributed by atoms with Crippen LogP contribution in [0.4, 0.5) is 19.1 Å². The average Bonchev–Trinajstić information content (AvgIpc) is 3.72. The van der Waals surface area contributed by atoms with Crippen LogP contribution in [0.5, 0.6) is 0 Å². The fourth-order valence-corrected chi connectivity index (χ4v) is 8.69. The number of alkyl halides is 3. The van der Waals surface area contributed by atoms with Crippen LogP contribution in [0.15, 0.2) is 46.7 Å². The second-order valence-electron chi connectivity index (χ2n) is 10.8. The van der Waals surface area contributed by atoms with Gasteiger partial charge >= 0.3 is 6.18 Å². The molecule has 2 saturated heterocycles. The van der Waals surface area contributed by atoms with Gasteiger partial charge in [0.1, 0.15) is 4.21 Å². The van der Waals surface area contributed by atoms with Gasteiger partial charge in [-0.2, -0.15) is 17.5 Å². The van der Waals surface area contributed by atoms with Crippen LogP contribution in [-0.4, -0.2) is 79.2 Å². The maximum Gasteiger partial charge on any atom is 0.416 e. The third-order valence-corrected chi connectivity index (χ3v) is 11.4. The highest BCUT2D eigenvalue weighted by atomic mass is 35.5. The van der Waals surface area contributed by atoms with Crippen LogP contribution >= 0.6 is 22.9 Å². The summed E-state index contributed by atoms with van der Waals surface area (Å²) in [6, 6.07) is 9.01. The summed E-state index contributed by atoms with van der Waals surface area (Å²) in [7, 11) is 0.157. The number of aryl methyl sites for hydroxylation is 1. The summed E-state index contributed by atoms with van der Waals surface area (Å²) >= 11 is 6.92. The first-order chi connectivity index (χ1) is 19.8. The average molecular weight is 642 g/mol. The van der Waals surface area contributed by atoms with Crippen LogP contribution in [0.3, 0.4) is 0 Å². The largest absolute Gasteiger partial charge is 0.416 e. The van der Waals surface area contributed by atoms with Crippen molar-refractivity contribution in [2.75, 3.05) is 38.6 Å². The molecule has 2 atom stereocenters. The van der Waals surface area contributed by atoms with E-state index in [1.807, 2.05) is 19.0 Å². The number of benzene rings is 1. The number of Topliss-reactive ketones (excluding diaryl/α,β-unsaturated/α-hetero) is 1. The zero-order valence-corrected chi connectivity index (χ0v) is 25.5. The molecule has 0 saturated carbocycles. The number of ketones is 1. The SMILES string of the molecule is CN(C)C1CCN(c2nc(CCC(=O)[C@@H]3CCCN3S(=O)(=O)c3ccc(Cl)s3)cc(-c3ccc(C(F)(F)F)cc3)n2)C1. The van der Waals surface area contributed by atoms with Gasteiger partial charge in [-0.3, -0.25) is 4.79 Å². The topological polar surface area (TPSA) is 86.7 Å². The molecule has 0 radical (unpaired) electrons. The summed E-state index contributed by atoms with van der Waals surface area (Å²) in [5.41, 5.74) is 0.781. The standard InChI is InChI=1S/C28H31ClF3N5O3S2/c1-35(2)21-13-15-36(17-21)27-33-20(16-22(34-27)18-5-7-19(8-6-18)28(30,31)32)9-10-24(38)23-4-3-14-37(23)42(39,40)26-12-11-25(29)41-26/h5-8,11-12,16,21,23H,3-4,9-10,13-15,17H2,1-2H3/t21?,23-/m0/s1. The molecule has 14 heteroatoms. The third kappa shape index (κ3) is 6.65. The highest BCUT2D eigenvalue weighted by Gasteiger charge is 2.39. The van der Waals surface area contributed by atoms with E-state index in [-0.39, 0.29) is 29.4 Å². The number of aromatic nitrogens is 2. The molecule has 0 bridgehead atoms. The van der Waals surface area contributed by atoms with E-state index in [0.717, 1.165) is 36.4 Å². The van der Waals surface area contributed by atoms with E-state index in [9.17, 15) is 26.4 Å². The number of hydrogen-bond acceptors (Lipinski definition) is 8. The van der Waals surface area contributed by atoms with Crippen molar-refractivity contribution in [2.24, 2.45) is 0 Å². The van der Waals surface area contributed by atoms with E-state index in [0.29, 0.717) is 52.7 Å². The zero-order valence-electron chi connectivity index (χ0n) is 23.1. The van der Waals surface area contributed by atoms with Crippen molar-refractivity contribution in [2.45, 2.75) is 54.6 Å². The number of rotatable bonds is 9. The van der Waals surface area contributed by atoms with Crippen LogP contribution in [0.25, 0.3) is 11.3 Å². The number of carbonyl (C=O) groups is 1. The Hall–Kier alpha value is -2.58. The Bertz CT molecular complexity index is 1550. The van der Waals surface area contributed by atoms with Crippen molar-refractivity contribution in [1.82, 2.24) is 19.2 Å². The molecule has 0 spiro atoms. The Morgan fingerprint density at radius 3 is 2.45 bits per heavy atom. The minimum atomic E-state index is -4.45. The van der Waals surface area contributed by atoms with Crippen molar-refractivity contribution in [3.63, 3.8) is 0 Å². The smallest absolute Gasteiger partial charge is 0.339 e. The molecule has 2 aromatic heterocycles. The molecular weight excluding hydrogens is 611 g/mol. The number of carbonyl (C=O) groups excluding carboxylic acids is 1. The summed E-state index contributed by atoms with van der Waals surface area (Å²) in [4.78, 5) is 27.0. The minimum Gasteiger partial charge on any atom is -0.339 e. The number of anilines is 1. The van der Waals surface area contributed by atoms with Gasteiger partial charge in [-0.05, 0) is 70.1 Å². The molecule has 0 amide bonds. The van der Waals surface area contributed by atoms with Crippen molar-refractivity contribution in [3.05, 3.63) is 58.1 Å². The zero-order chi connectivity index (χ0) is 30.2. The number of likely N-dealkylation sites (N-methyl/N-ethyl adjacent to an activating group) is 1. The lowest BCUT2D eigenvalue weighted by molar-refractivity contribution is -0.137. The first kappa shape index (κ1) is 30.9. The number of halogens is 4. The van der Waals surface area contributed by atoms with Gasteiger partial charge in [-0.15, -0.1) is 11.3 Å². The van der Waals surface area contributed by atoms with Crippen LogP contribution in [0.1, 0.15) is 36.9 Å². The molecule has 42 heavy (non-hydrogen) atoms. The van der Waals surface area contributed by atoms with Gasteiger partial charge in [0.05, 0.1) is 21.6 Å². The number of thiophene rings is 1. The monoisotopic (exact) mass is 641 g/mol. The van der Waals surface area contributed by atoms with Crippen LogP contribution in [-0.2, 0) is 27.4 Å². The molecule has 5 rings (SSSR count). The minimum absolute atomic E-state index is 0.0606. The van der Waals surface area contributed by atoms with Crippen molar-refractivity contribution >= 4 is 44.7 Å². The Kier molecular flexibility index (Phi) is 8.96. The number of hydrogen-bond donors (Lipinski definition) is 0. The molecule has 2 fully saturated rings. The van der Waals surface area contributed by atoms with E-state index >= 15 is 0 Å². The van der Waals surface area contributed by atoms with E-state index in [1.54, 1.807) is 6.07 Å². The predicted octanol–water partition coefficient (Wildman–Crippen LogP) is 5.37. The first-order valence-corrected chi connectivity index (χ1v) is 16.2. The van der Waals surface area contributed by atoms with Crippen molar-refractivity contribution in [1.29, 1.82) is 0 Å². The molecule has 4 heterocycles. The van der Waals surface area contributed by atoms with E-state index in [1.165, 1.54) is 28.6 Å². The lowest BCUT2D eigenvalue weighted by Crippen LogP contribution is -2.40. The third-order valence-electron chi connectivity index (χ3n) is 7.77. The summed E-state index contributed by atoms with van der Waals surface area (Å²) < 4.78 is 67.6. The maximum atomic E-state index is 13.4. The van der Waals surface area contributed by atoms with Crippen LogP contribution in [0.2, 0.25) is 4.34 Å². The van der Waals surface area contributed by atoms with Crippen molar-refractivity contribution < 1.29 is 26.4 Å². The van der Waals surface area contributed by atoms with Gasteiger partial charge in [0.2, 0.25) is 5.95 Å². The van der Waals surface area contributed by atoms with Gasteiger partial charge in [-0.25, -0.2) is 18.4 Å². The molecule has 226 valence electrons. The van der Waals surface area contributed by atoms with E-state index < -0.39 is 27.8 Å². The summed E-state index contributed by atoms with van der Waals surface area (Å²) in [5.74, 6) is 0.252. The molecular formula is C28H31ClF3N5O3S2. The fraction of sp³-hybridized carbons (Fsp3) is 0.464. The van der Waals surface area contributed by atoms with Gasteiger partial charge in [0, 0.05) is 43.4 Å². The van der Waals surface area contributed by atoms with Crippen LogP contribution < -0.4 is 4.90 Å². The van der Waals surface area contributed by atoms with Gasteiger partial charge < -0.3 is 9.80 Å².